The Morgan fingerprint density at radius 1 is 0.966 bits per heavy atom. The molecule has 0 aliphatic carbocycles. The predicted octanol–water partition coefficient (Wildman–Crippen LogP) is 4.78. The maximum Gasteiger partial charge on any atom is 0.254 e. The number of carbonyl (C=O) groups excluding carboxylic acids is 1. The van der Waals surface area contributed by atoms with Gasteiger partial charge in [-0.15, -0.1) is 0 Å². The molecule has 0 radical (unpaired) electrons. The van der Waals surface area contributed by atoms with E-state index < -0.39 is 0 Å². The van der Waals surface area contributed by atoms with Crippen LogP contribution in [-0.2, 0) is 13.1 Å². The zero-order valence-corrected chi connectivity index (χ0v) is 16.7. The van der Waals surface area contributed by atoms with Gasteiger partial charge < -0.3 is 9.47 Å². The van der Waals surface area contributed by atoms with Crippen LogP contribution in [0.5, 0.6) is 0 Å². The number of amides is 1. The van der Waals surface area contributed by atoms with Gasteiger partial charge >= 0.3 is 0 Å². The van der Waals surface area contributed by atoms with Crippen molar-refractivity contribution < 1.29 is 4.79 Å². The summed E-state index contributed by atoms with van der Waals surface area (Å²) in [5.41, 5.74) is 4.84. The van der Waals surface area contributed by atoms with E-state index in [1.165, 1.54) is 5.56 Å². The van der Waals surface area contributed by atoms with Crippen LogP contribution in [0.25, 0.3) is 11.5 Å². The quantitative estimate of drug-likeness (QED) is 0.495. The normalized spacial score (nSPS) is 13.0. The third-order valence-electron chi connectivity index (χ3n) is 5.24. The van der Waals surface area contributed by atoms with Crippen LogP contribution in [0.15, 0.2) is 73.1 Å². The first-order valence-electron chi connectivity index (χ1n) is 9.46. The van der Waals surface area contributed by atoms with Crippen LogP contribution in [0.2, 0.25) is 5.02 Å². The first kappa shape index (κ1) is 17.8. The Balaban J connectivity index is 1.53. The third kappa shape index (κ3) is 3.13. The summed E-state index contributed by atoms with van der Waals surface area (Å²) in [6, 6.07) is 19.3. The number of rotatable bonds is 3. The molecule has 0 spiro atoms. The Kier molecular flexibility index (Phi) is 4.25. The maximum absolute atomic E-state index is 13.0. The lowest BCUT2D eigenvalue weighted by Gasteiger charge is -2.17. The van der Waals surface area contributed by atoms with Gasteiger partial charge in [0.2, 0.25) is 0 Å². The summed E-state index contributed by atoms with van der Waals surface area (Å²) >= 11 is 5.95. The number of aryl methyl sites for hydroxylation is 1. The van der Waals surface area contributed by atoms with Gasteiger partial charge in [-0.1, -0.05) is 29.3 Å². The second-order valence-electron chi connectivity index (χ2n) is 7.25. The Morgan fingerprint density at radius 3 is 2.34 bits per heavy atom. The summed E-state index contributed by atoms with van der Waals surface area (Å²) in [7, 11) is 0. The summed E-state index contributed by atoms with van der Waals surface area (Å²) < 4.78 is 4.02. The van der Waals surface area contributed by atoms with Crippen molar-refractivity contribution in [1.29, 1.82) is 0 Å². The van der Waals surface area contributed by atoms with E-state index in [4.69, 9.17) is 16.7 Å². The fourth-order valence-electron chi connectivity index (χ4n) is 3.73. The average molecular weight is 403 g/mol. The first-order chi connectivity index (χ1) is 14.1. The molecule has 1 aliphatic rings. The Morgan fingerprint density at radius 2 is 1.66 bits per heavy atom. The molecule has 6 heteroatoms. The van der Waals surface area contributed by atoms with Gasteiger partial charge in [-0.3, -0.25) is 4.79 Å². The number of benzene rings is 2. The number of halogens is 1. The molecule has 4 aromatic rings. The molecule has 0 unspecified atom stereocenters. The van der Waals surface area contributed by atoms with E-state index in [9.17, 15) is 4.79 Å². The fourth-order valence-corrected chi connectivity index (χ4v) is 3.85. The van der Waals surface area contributed by atoms with Gasteiger partial charge in [0.1, 0.15) is 5.82 Å². The van der Waals surface area contributed by atoms with Crippen LogP contribution in [0.3, 0.4) is 0 Å². The van der Waals surface area contributed by atoms with Crippen LogP contribution in [0.1, 0.15) is 27.2 Å². The van der Waals surface area contributed by atoms with E-state index in [0.29, 0.717) is 23.7 Å². The Labute approximate surface area is 173 Å². The van der Waals surface area contributed by atoms with Gasteiger partial charge in [-0.25, -0.2) is 4.68 Å². The van der Waals surface area contributed by atoms with Crippen LogP contribution in [-0.4, -0.2) is 25.2 Å². The molecule has 144 valence electrons. The highest BCUT2D eigenvalue weighted by Crippen LogP contribution is 2.31. The van der Waals surface area contributed by atoms with Crippen LogP contribution in [0.4, 0.5) is 0 Å². The molecule has 0 N–H and O–H groups in total. The average Bonchev–Trinajstić information content (AvgIpc) is 3.44. The summed E-state index contributed by atoms with van der Waals surface area (Å²) in [6.45, 7) is 3.08. The number of hydrogen-bond donors (Lipinski definition) is 0. The molecular formula is C23H19ClN4O. The minimum absolute atomic E-state index is 0.0139. The van der Waals surface area contributed by atoms with Crippen molar-refractivity contribution in [3.63, 3.8) is 0 Å². The highest BCUT2D eigenvalue weighted by Gasteiger charge is 2.31. The van der Waals surface area contributed by atoms with E-state index in [2.05, 4.69) is 35.8 Å². The predicted molar refractivity (Wildman–Crippen MR) is 113 cm³/mol. The lowest BCUT2D eigenvalue weighted by Crippen LogP contribution is -2.26. The van der Waals surface area contributed by atoms with Crippen LogP contribution < -0.4 is 0 Å². The molecule has 0 atom stereocenters. The van der Waals surface area contributed by atoms with Gasteiger partial charge in [0.05, 0.1) is 24.5 Å². The van der Waals surface area contributed by atoms with Crippen molar-refractivity contribution >= 4 is 17.5 Å². The smallest absolute Gasteiger partial charge is 0.254 e. The molecule has 2 aromatic heterocycles. The second kappa shape index (κ2) is 6.94. The number of fused-ring (bicyclic) bond motifs is 1. The molecule has 0 saturated heterocycles. The van der Waals surface area contributed by atoms with Crippen molar-refractivity contribution in [3.8, 4) is 11.5 Å². The van der Waals surface area contributed by atoms with Gasteiger partial charge in [0.15, 0.2) is 0 Å². The van der Waals surface area contributed by atoms with Gasteiger partial charge in [-0.2, -0.15) is 5.10 Å². The van der Waals surface area contributed by atoms with Crippen LogP contribution in [0, 0.1) is 6.92 Å². The molecule has 5 nitrogen and oxygen atoms in total. The highest BCUT2D eigenvalue weighted by atomic mass is 35.5. The van der Waals surface area contributed by atoms with Crippen molar-refractivity contribution in [1.82, 2.24) is 19.2 Å². The summed E-state index contributed by atoms with van der Waals surface area (Å²) in [4.78, 5) is 14.8. The molecule has 3 heterocycles. The van der Waals surface area contributed by atoms with Crippen molar-refractivity contribution in [2.75, 3.05) is 0 Å². The Hall–Kier alpha value is -3.31. The van der Waals surface area contributed by atoms with E-state index in [0.717, 1.165) is 22.8 Å². The molecule has 1 amide bonds. The van der Waals surface area contributed by atoms with Gasteiger partial charge in [-0.05, 0) is 55.5 Å². The zero-order valence-electron chi connectivity index (χ0n) is 15.9. The Bertz CT molecular complexity index is 1180. The second-order valence-corrected chi connectivity index (χ2v) is 7.69. The van der Waals surface area contributed by atoms with Gasteiger partial charge in [0.25, 0.3) is 5.91 Å². The maximum atomic E-state index is 13.0. The summed E-state index contributed by atoms with van der Waals surface area (Å²) in [5, 5.41) is 5.49. The lowest BCUT2D eigenvalue weighted by molar-refractivity contribution is 0.0749. The fraction of sp³-hybridized carbons (Fsp3) is 0.130. The SMILES string of the molecule is Cc1ccc(-n2nc3c(c2-n2cccc2)CN(C(=O)c2ccc(Cl)cc2)C3)cc1. The molecule has 0 saturated carbocycles. The topological polar surface area (TPSA) is 43.1 Å². The zero-order chi connectivity index (χ0) is 20.0. The third-order valence-corrected chi connectivity index (χ3v) is 5.49. The highest BCUT2D eigenvalue weighted by molar-refractivity contribution is 6.30. The molecule has 5 rings (SSSR count). The van der Waals surface area contributed by atoms with Gasteiger partial charge in [0, 0.05) is 28.5 Å². The van der Waals surface area contributed by atoms with Crippen molar-refractivity contribution in [2.24, 2.45) is 0 Å². The first-order valence-corrected chi connectivity index (χ1v) is 9.84. The molecule has 0 bridgehead atoms. The molecule has 29 heavy (non-hydrogen) atoms. The lowest BCUT2D eigenvalue weighted by atomic mass is 10.2. The minimum atomic E-state index is -0.0139. The summed E-state index contributed by atoms with van der Waals surface area (Å²) in [5.74, 6) is 0.959. The van der Waals surface area contributed by atoms with Crippen molar-refractivity contribution in [2.45, 2.75) is 20.0 Å². The number of hydrogen-bond acceptors (Lipinski definition) is 2. The molecule has 0 fully saturated rings. The monoisotopic (exact) mass is 402 g/mol. The van der Waals surface area contributed by atoms with E-state index in [1.54, 1.807) is 24.3 Å². The number of nitrogens with zero attached hydrogens (tertiary/aromatic N) is 4. The molecular weight excluding hydrogens is 384 g/mol. The summed E-state index contributed by atoms with van der Waals surface area (Å²) in [6.07, 6.45) is 4.01. The van der Waals surface area contributed by atoms with Crippen LogP contribution >= 0.6 is 11.6 Å². The minimum Gasteiger partial charge on any atom is -0.328 e. The van der Waals surface area contributed by atoms with E-state index >= 15 is 0 Å². The van der Waals surface area contributed by atoms with E-state index in [-0.39, 0.29) is 5.91 Å². The standard InChI is InChI=1S/C23H19ClN4O/c1-16-4-10-19(11-5-16)28-22(26-12-2-3-13-26)20-14-27(15-21(20)25-28)23(29)17-6-8-18(24)9-7-17/h2-13H,14-15H2,1H3. The number of aromatic nitrogens is 3. The molecule has 2 aromatic carbocycles. The van der Waals surface area contributed by atoms with Crippen molar-refractivity contribution in [3.05, 3.63) is 100 Å². The largest absolute Gasteiger partial charge is 0.328 e. The molecule has 1 aliphatic heterocycles. The number of carbonyl (C=O) groups is 1. The van der Waals surface area contributed by atoms with E-state index in [1.807, 2.05) is 34.1 Å².